The maximum Gasteiger partial charge on any atom is 0.325 e. The van der Waals surface area contributed by atoms with Gasteiger partial charge in [0.25, 0.3) is 5.91 Å². The molecule has 0 saturated heterocycles. The van der Waals surface area contributed by atoms with Crippen molar-refractivity contribution in [3.63, 3.8) is 0 Å². The Labute approximate surface area is 115 Å². The number of halogens is 1. The molecule has 1 N–H and O–H groups in total. The van der Waals surface area contributed by atoms with Gasteiger partial charge in [0.2, 0.25) is 0 Å². The van der Waals surface area contributed by atoms with Crippen LogP contribution in [0, 0.1) is 0 Å². The molecule has 100 valence electrons. The smallest absolute Gasteiger partial charge is 0.325 e. The number of amides is 1. The van der Waals surface area contributed by atoms with Crippen LogP contribution in [0.2, 0.25) is 5.02 Å². The van der Waals surface area contributed by atoms with E-state index in [1.807, 2.05) is 6.07 Å². The summed E-state index contributed by atoms with van der Waals surface area (Å²) in [5.74, 6) is -0.824. The van der Waals surface area contributed by atoms with E-state index < -0.39 is 5.97 Å². The topological polar surface area (TPSA) is 60.3 Å². The van der Waals surface area contributed by atoms with Crippen LogP contribution in [0.15, 0.2) is 24.3 Å². The largest absolute Gasteiger partial charge is 0.468 e. The first-order valence-corrected chi connectivity index (χ1v) is 6.00. The maximum absolute atomic E-state index is 12.0. The van der Waals surface area contributed by atoms with Gasteiger partial charge in [-0.1, -0.05) is 17.7 Å². The number of hydrogen-bond donors (Lipinski definition) is 1. The zero-order valence-electron chi connectivity index (χ0n) is 10.6. The maximum atomic E-state index is 12.0. The number of nitrogens with one attached hydrogen (secondary N) is 1. The van der Waals surface area contributed by atoms with Crippen molar-refractivity contribution in [2.24, 2.45) is 7.05 Å². The van der Waals surface area contributed by atoms with E-state index in [0.717, 1.165) is 10.9 Å². The number of nitrogens with zero attached hydrogens (tertiary/aromatic N) is 1. The average molecular weight is 281 g/mol. The van der Waals surface area contributed by atoms with Gasteiger partial charge in [-0.3, -0.25) is 9.59 Å². The molecular weight excluding hydrogens is 268 g/mol. The van der Waals surface area contributed by atoms with E-state index >= 15 is 0 Å². The fourth-order valence-corrected chi connectivity index (χ4v) is 2.00. The molecule has 6 heteroatoms. The molecule has 0 atom stereocenters. The van der Waals surface area contributed by atoms with Crippen molar-refractivity contribution in [2.45, 2.75) is 0 Å². The van der Waals surface area contributed by atoms with Crippen LogP contribution in [-0.2, 0) is 16.6 Å². The zero-order chi connectivity index (χ0) is 14.0. The second-order valence-corrected chi connectivity index (χ2v) is 4.49. The molecule has 0 aliphatic carbocycles. The van der Waals surface area contributed by atoms with Gasteiger partial charge in [0.1, 0.15) is 12.2 Å². The third-order valence-electron chi connectivity index (χ3n) is 2.86. The predicted molar refractivity (Wildman–Crippen MR) is 72.3 cm³/mol. The molecule has 0 aliphatic rings. The highest BCUT2D eigenvalue weighted by molar-refractivity contribution is 6.31. The van der Waals surface area contributed by atoms with Crippen LogP contribution < -0.4 is 5.32 Å². The standard InChI is InChI=1S/C13H13ClN2O3/c1-16-10-6-9(14)4-3-8(10)5-11(16)13(18)15-7-12(17)19-2/h3-6H,7H2,1-2H3,(H,15,18). The Morgan fingerprint density at radius 1 is 1.37 bits per heavy atom. The molecule has 19 heavy (non-hydrogen) atoms. The molecule has 1 aromatic heterocycles. The van der Waals surface area contributed by atoms with Gasteiger partial charge in [0.15, 0.2) is 0 Å². The lowest BCUT2D eigenvalue weighted by Crippen LogP contribution is -2.31. The second-order valence-electron chi connectivity index (χ2n) is 4.05. The molecule has 0 bridgehead atoms. The Kier molecular flexibility index (Phi) is 3.76. The van der Waals surface area contributed by atoms with Crippen LogP contribution in [0.4, 0.5) is 0 Å². The van der Waals surface area contributed by atoms with Crippen molar-refractivity contribution in [3.8, 4) is 0 Å². The summed E-state index contributed by atoms with van der Waals surface area (Å²) in [6.07, 6.45) is 0. The molecule has 0 unspecified atom stereocenters. The van der Waals surface area contributed by atoms with E-state index in [2.05, 4.69) is 10.1 Å². The van der Waals surface area contributed by atoms with Gasteiger partial charge in [-0.25, -0.2) is 0 Å². The minimum Gasteiger partial charge on any atom is -0.468 e. The third kappa shape index (κ3) is 2.71. The fourth-order valence-electron chi connectivity index (χ4n) is 1.84. The first kappa shape index (κ1) is 13.4. The number of aryl methyl sites for hydroxylation is 1. The Bertz CT molecular complexity index is 649. The van der Waals surface area contributed by atoms with Crippen LogP contribution in [-0.4, -0.2) is 30.1 Å². The lowest BCUT2D eigenvalue weighted by atomic mass is 10.2. The first-order chi connectivity index (χ1) is 9.02. The number of methoxy groups -OCH3 is 1. The number of fused-ring (bicyclic) bond motifs is 1. The molecule has 0 saturated carbocycles. The molecule has 0 fully saturated rings. The van der Waals surface area contributed by atoms with Crippen molar-refractivity contribution >= 4 is 34.4 Å². The van der Waals surface area contributed by atoms with Gasteiger partial charge in [-0.15, -0.1) is 0 Å². The van der Waals surface area contributed by atoms with Gasteiger partial charge in [0.05, 0.1) is 7.11 Å². The molecule has 0 radical (unpaired) electrons. The van der Waals surface area contributed by atoms with Crippen LogP contribution in [0.5, 0.6) is 0 Å². The lowest BCUT2D eigenvalue weighted by molar-refractivity contribution is -0.139. The van der Waals surface area contributed by atoms with Gasteiger partial charge in [-0.2, -0.15) is 0 Å². The Hall–Kier alpha value is -2.01. The molecule has 2 aromatic rings. The molecule has 1 aromatic carbocycles. The van der Waals surface area contributed by atoms with Gasteiger partial charge in [0, 0.05) is 23.0 Å². The van der Waals surface area contributed by atoms with E-state index in [-0.39, 0.29) is 12.5 Å². The number of benzene rings is 1. The quantitative estimate of drug-likeness (QED) is 0.871. The molecular formula is C13H13ClN2O3. The van der Waals surface area contributed by atoms with Gasteiger partial charge >= 0.3 is 5.97 Å². The van der Waals surface area contributed by atoms with Crippen LogP contribution in [0.1, 0.15) is 10.5 Å². The van der Waals surface area contributed by atoms with Crippen LogP contribution in [0.3, 0.4) is 0 Å². The highest BCUT2D eigenvalue weighted by Gasteiger charge is 2.14. The summed E-state index contributed by atoms with van der Waals surface area (Å²) in [4.78, 5) is 23.0. The van der Waals surface area contributed by atoms with E-state index in [1.54, 1.807) is 29.8 Å². The average Bonchev–Trinajstić information content (AvgIpc) is 2.73. The monoisotopic (exact) mass is 280 g/mol. The van der Waals surface area contributed by atoms with E-state index in [4.69, 9.17) is 11.6 Å². The summed E-state index contributed by atoms with van der Waals surface area (Å²) in [6, 6.07) is 7.14. The number of carbonyl (C=O) groups excluding carboxylic acids is 2. The molecule has 0 spiro atoms. The van der Waals surface area contributed by atoms with E-state index in [0.29, 0.717) is 10.7 Å². The lowest BCUT2D eigenvalue weighted by Gasteiger charge is -2.05. The van der Waals surface area contributed by atoms with Crippen molar-refractivity contribution in [1.29, 1.82) is 0 Å². The molecule has 1 heterocycles. The third-order valence-corrected chi connectivity index (χ3v) is 3.10. The first-order valence-electron chi connectivity index (χ1n) is 5.63. The summed E-state index contributed by atoms with van der Waals surface area (Å²) >= 11 is 5.93. The zero-order valence-corrected chi connectivity index (χ0v) is 11.3. The number of esters is 1. The molecule has 5 nitrogen and oxygen atoms in total. The number of carbonyl (C=O) groups is 2. The highest BCUT2D eigenvalue weighted by atomic mass is 35.5. The predicted octanol–water partition coefficient (Wildman–Crippen LogP) is 1.73. The van der Waals surface area contributed by atoms with Crippen LogP contribution in [0.25, 0.3) is 10.9 Å². The van der Waals surface area contributed by atoms with Crippen molar-refractivity contribution in [2.75, 3.05) is 13.7 Å². The number of rotatable bonds is 3. The normalized spacial score (nSPS) is 10.5. The second kappa shape index (κ2) is 5.32. The Morgan fingerprint density at radius 2 is 2.11 bits per heavy atom. The number of hydrogen-bond acceptors (Lipinski definition) is 3. The Morgan fingerprint density at radius 3 is 2.79 bits per heavy atom. The fraction of sp³-hybridized carbons (Fsp3) is 0.231. The van der Waals surface area contributed by atoms with E-state index in [1.165, 1.54) is 7.11 Å². The van der Waals surface area contributed by atoms with Crippen molar-refractivity contribution in [3.05, 3.63) is 35.0 Å². The molecule has 0 aliphatic heterocycles. The molecule has 1 amide bonds. The van der Waals surface area contributed by atoms with E-state index in [9.17, 15) is 9.59 Å². The summed E-state index contributed by atoms with van der Waals surface area (Å²) in [6.45, 7) is -0.155. The Balaban J connectivity index is 2.27. The van der Waals surface area contributed by atoms with Crippen molar-refractivity contribution in [1.82, 2.24) is 9.88 Å². The van der Waals surface area contributed by atoms with Crippen molar-refractivity contribution < 1.29 is 14.3 Å². The highest BCUT2D eigenvalue weighted by Crippen LogP contribution is 2.22. The number of ether oxygens (including phenoxy) is 1. The van der Waals surface area contributed by atoms with Gasteiger partial charge < -0.3 is 14.6 Å². The molecule has 2 rings (SSSR count). The summed E-state index contributed by atoms with van der Waals surface area (Å²) in [5.41, 5.74) is 1.32. The summed E-state index contributed by atoms with van der Waals surface area (Å²) in [5, 5.41) is 4.02. The minimum absolute atomic E-state index is 0.155. The SMILES string of the molecule is COC(=O)CNC(=O)c1cc2ccc(Cl)cc2n1C. The number of aromatic nitrogens is 1. The minimum atomic E-state index is -0.491. The summed E-state index contributed by atoms with van der Waals surface area (Å²) in [7, 11) is 3.04. The summed E-state index contributed by atoms with van der Waals surface area (Å²) < 4.78 is 6.19. The van der Waals surface area contributed by atoms with Crippen LogP contribution >= 0.6 is 11.6 Å². The van der Waals surface area contributed by atoms with Gasteiger partial charge in [-0.05, 0) is 18.2 Å².